The Balaban J connectivity index is 1.50. The molecule has 2 aliphatic rings. The molecule has 128 valence electrons. The largest absolute Gasteiger partial charge is 0.381 e. The van der Waals surface area contributed by atoms with Crippen molar-refractivity contribution in [3.63, 3.8) is 0 Å². The number of amides is 1. The van der Waals surface area contributed by atoms with Crippen LogP contribution in [0.2, 0.25) is 0 Å². The monoisotopic (exact) mass is 339 g/mol. The molecular weight excluding hydrogens is 314 g/mol. The SMILES string of the molecule is C[C@H]1CCCC[C@H]1NC(=O)CSc1nnnn1C1CCOCC1. The Hall–Kier alpha value is -1.15. The Morgan fingerprint density at radius 1 is 1.30 bits per heavy atom. The highest BCUT2D eigenvalue weighted by Crippen LogP contribution is 2.26. The average molecular weight is 339 g/mol. The van der Waals surface area contributed by atoms with Gasteiger partial charge < -0.3 is 10.1 Å². The molecule has 0 unspecified atom stereocenters. The Morgan fingerprint density at radius 2 is 2.09 bits per heavy atom. The molecule has 2 atom stereocenters. The fourth-order valence-electron chi connectivity index (χ4n) is 3.35. The molecule has 23 heavy (non-hydrogen) atoms. The molecule has 1 aliphatic carbocycles. The summed E-state index contributed by atoms with van der Waals surface area (Å²) in [4.78, 5) is 12.2. The predicted molar refractivity (Wildman–Crippen MR) is 87.2 cm³/mol. The average Bonchev–Trinajstić information content (AvgIpc) is 3.04. The second-order valence-corrected chi connectivity index (χ2v) is 7.42. The van der Waals surface area contributed by atoms with Gasteiger partial charge in [-0.15, -0.1) is 5.10 Å². The molecule has 7 nitrogen and oxygen atoms in total. The lowest BCUT2D eigenvalue weighted by Gasteiger charge is -2.29. The molecule has 1 aromatic heterocycles. The summed E-state index contributed by atoms with van der Waals surface area (Å²) < 4.78 is 7.23. The molecule has 1 aromatic rings. The maximum Gasteiger partial charge on any atom is 0.230 e. The van der Waals surface area contributed by atoms with Gasteiger partial charge in [-0.1, -0.05) is 31.5 Å². The van der Waals surface area contributed by atoms with Crippen molar-refractivity contribution >= 4 is 17.7 Å². The fraction of sp³-hybridized carbons (Fsp3) is 0.867. The van der Waals surface area contributed by atoms with Gasteiger partial charge in [-0.2, -0.15) is 0 Å². The van der Waals surface area contributed by atoms with Crippen LogP contribution in [0.15, 0.2) is 5.16 Å². The first-order chi connectivity index (χ1) is 11.2. The van der Waals surface area contributed by atoms with Gasteiger partial charge in [0.1, 0.15) is 0 Å². The second-order valence-electron chi connectivity index (χ2n) is 6.47. The molecule has 1 saturated carbocycles. The molecule has 1 saturated heterocycles. The molecule has 0 bridgehead atoms. The summed E-state index contributed by atoms with van der Waals surface area (Å²) in [6.07, 6.45) is 6.64. The third-order valence-electron chi connectivity index (χ3n) is 4.79. The summed E-state index contributed by atoms with van der Waals surface area (Å²) in [6, 6.07) is 0.603. The van der Waals surface area contributed by atoms with E-state index < -0.39 is 0 Å². The molecule has 2 fully saturated rings. The van der Waals surface area contributed by atoms with Crippen LogP contribution in [0.1, 0.15) is 51.5 Å². The van der Waals surface area contributed by atoms with Gasteiger partial charge in [-0.25, -0.2) is 4.68 Å². The topological polar surface area (TPSA) is 81.9 Å². The molecule has 0 aromatic carbocycles. The van der Waals surface area contributed by atoms with Crippen molar-refractivity contribution in [2.24, 2.45) is 5.92 Å². The van der Waals surface area contributed by atoms with Crippen LogP contribution in [0.25, 0.3) is 0 Å². The van der Waals surface area contributed by atoms with Crippen LogP contribution in [0.5, 0.6) is 0 Å². The van der Waals surface area contributed by atoms with Crippen LogP contribution in [0.4, 0.5) is 0 Å². The number of nitrogens with one attached hydrogen (secondary N) is 1. The zero-order chi connectivity index (χ0) is 16.1. The van der Waals surface area contributed by atoms with Crippen molar-refractivity contribution in [1.82, 2.24) is 25.5 Å². The third kappa shape index (κ3) is 4.44. The number of tetrazole rings is 1. The summed E-state index contributed by atoms with van der Waals surface area (Å²) in [5.74, 6) is 1.02. The quantitative estimate of drug-likeness (QED) is 0.824. The first-order valence-electron chi connectivity index (χ1n) is 8.52. The highest BCUT2D eigenvalue weighted by molar-refractivity contribution is 7.99. The molecule has 2 heterocycles. The van der Waals surface area contributed by atoms with Gasteiger partial charge in [0.05, 0.1) is 11.8 Å². The Bertz CT molecular complexity index is 518. The minimum Gasteiger partial charge on any atom is -0.381 e. The van der Waals surface area contributed by atoms with Crippen LogP contribution in [-0.2, 0) is 9.53 Å². The Labute approximate surface area is 140 Å². The van der Waals surface area contributed by atoms with Crippen molar-refractivity contribution in [3.8, 4) is 0 Å². The predicted octanol–water partition coefficient (Wildman–Crippen LogP) is 1.81. The van der Waals surface area contributed by atoms with Crippen LogP contribution in [0, 0.1) is 5.92 Å². The van der Waals surface area contributed by atoms with Crippen molar-refractivity contribution in [2.45, 2.75) is 62.7 Å². The zero-order valence-electron chi connectivity index (χ0n) is 13.6. The molecular formula is C15H25N5O2S. The number of aromatic nitrogens is 4. The summed E-state index contributed by atoms with van der Waals surface area (Å²) in [5.41, 5.74) is 0. The van der Waals surface area contributed by atoms with Gasteiger partial charge >= 0.3 is 0 Å². The smallest absolute Gasteiger partial charge is 0.230 e. The van der Waals surface area contributed by atoms with Crippen LogP contribution in [-0.4, -0.2) is 51.1 Å². The highest BCUT2D eigenvalue weighted by Gasteiger charge is 2.24. The number of rotatable bonds is 5. The molecule has 3 rings (SSSR count). The van der Waals surface area contributed by atoms with Gasteiger partial charge in [0.25, 0.3) is 0 Å². The van der Waals surface area contributed by atoms with Crippen LogP contribution < -0.4 is 5.32 Å². The van der Waals surface area contributed by atoms with E-state index in [0.29, 0.717) is 17.7 Å². The fourth-order valence-corrected chi connectivity index (χ4v) is 4.10. The van der Waals surface area contributed by atoms with E-state index in [-0.39, 0.29) is 11.9 Å². The third-order valence-corrected chi connectivity index (χ3v) is 5.72. The van der Waals surface area contributed by atoms with E-state index in [2.05, 4.69) is 27.8 Å². The molecule has 1 N–H and O–H groups in total. The van der Waals surface area contributed by atoms with Crippen LogP contribution >= 0.6 is 11.8 Å². The van der Waals surface area contributed by atoms with E-state index in [0.717, 1.165) is 37.6 Å². The minimum atomic E-state index is 0.0790. The summed E-state index contributed by atoms with van der Waals surface area (Å²) >= 11 is 1.42. The van der Waals surface area contributed by atoms with E-state index >= 15 is 0 Å². The summed E-state index contributed by atoms with van der Waals surface area (Å²) in [5, 5.41) is 15.8. The van der Waals surface area contributed by atoms with Crippen molar-refractivity contribution < 1.29 is 9.53 Å². The van der Waals surface area contributed by atoms with Gasteiger partial charge in [-0.05, 0) is 42.0 Å². The zero-order valence-corrected chi connectivity index (χ0v) is 14.4. The van der Waals surface area contributed by atoms with E-state index in [4.69, 9.17) is 4.74 Å². The second kappa shape index (κ2) is 8.10. The first-order valence-corrected chi connectivity index (χ1v) is 9.50. The van der Waals surface area contributed by atoms with E-state index in [1.54, 1.807) is 0 Å². The van der Waals surface area contributed by atoms with Crippen LogP contribution in [0.3, 0.4) is 0 Å². The standard InChI is InChI=1S/C15H25N5O2S/c1-11-4-2-3-5-13(11)16-14(21)10-23-15-17-18-19-20(15)12-6-8-22-9-7-12/h11-13H,2-10H2,1H3,(H,16,21)/t11-,13+/m0/s1. The number of carbonyl (C=O) groups is 1. The number of thioether (sulfide) groups is 1. The lowest BCUT2D eigenvalue weighted by atomic mass is 9.86. The normalized spacial score (nSPS) is 26.1. The number of nitrogens with zero attached hydrogens (tertiary/aromatic N) is 4. The number of hydrogen-bond donors (Lipinski definition) is 1. The van der Waals surface area contributed by atoms with Gasteiger partial charge in [-0.3, -0.25) is 4.79 Å². The molecule has 1 amide bonds. The number of carbonyl (C=O) groups excluding carboxylic acids is 1. The van der Waals surface area contributed by atoms with E-state index in [1.165, 1.54) is 31.0 Å². The molecule has 1 aliphatic heterocycles. The molecule has 0 spiro atoms. The summed E-state index contributed by atoms with van der Waals surface area (Å²) in [6.45, 7) is 3.71. The van der Waals surface area contributed by atoms with Gasteiger partial charge in [0.2, 0.25) is 11.1 Å². The summed E-state index contributed by atoms with van der Waals surface area (Å²) in [7, 11) is 0. The molecule has 8 heteroatoms. The van der Waals surface area contributed by atoms with Crippen molar-refractivity contribution in [3.05, 3.63) is 0 Å². The Kier molecular flexibility index (Phi) is 5.88. The van der Waals surface area contributed by atoms with Gasteiger partial charge in [0, 0.05) is 19.3 Å². The lowest BCUT2D eigenvalue weighted by molar-refractivity contribution is -0.119. The van der Waals surface area contributed by atoms with E-state index in [9.17, 15) is 4.79 Å². The number of hydrogen-bond acceptors (Lipinski definition) is 6. The Morgan fingerprint density at radius 3 is 2.87 bits per heavy atom. The molecule has 0 radical (unpaired) electrons. The van der Waals surface area contributed by atoms with E-state index in [1.807, 2.05) is 4.68 Å². The lowest BCUT2D eigenvalue weighted by Crippen LogP contribution is -2.41. The van der Waals surface area contributed by atoms with Crippen molar-refractivity contribution in [1.29, 1.82) is 0 Å². The number of ether oxygens (including phenoxy) is 1. The first kappa shape index (κ1) is 16.7. The highest BCUT2D eigenvalue weighted by atomic mass is 32.2. The minimum absolute atomic E-state index is 0.0790. The van der Waals surface area contributed by atoms with Crippen molar-refractivity contribution in [2.75, 3.05) is 19.0 Å². The maximum absolute atomic E-state index is 12.2. The van der Waals surface area contributed by atoms with Gasteiger partial charge in [0.15, 0.2) is 0 Å². The maximum atomic E-state index is 12.2.